The maximum atomic E-state index is 13.5. The van der Waals surface area contributed by atoms with Gasteiger partial charge in [0.1, 0.15) is 19.3 Å². The van der Waals surface area contributed by atoms with Gasteiger partial charge in [0.25, 0.3) is 7.82 Å². The van der Waals surface area contributed by atoms with Crippen LogP contribution in [0.1, 0.15) is 303 Å². The third-order valence-corrected chi connectivity index (χ3v) is 15.0. The molecule has 430 valence electrons. The Morgan fingerprint density at radius 3 is 1.18 bits per heavy atom. The van der Waals surface area contributed by atoms with E-state index in [2.05, 4.69) is 50.4 Å². The maximum absolute atomic E-state index is 13.5. The molecular weight excluding hydrogens is 928 g/mol. The lowest BCUT2D eigenvalue weighted by Crippen LogP contribution is -2.47. The first-order chi connectivity index (χ1) is 35.4. The lowest BCUT2D eigenvalue weighted by Gasteiger charge is -2.30. The first-order valence-electron chi connectivity index (χ1n) is 31.3. The van der Waals surface area contributed by atoms with E-state index in [-0.39, 0.29) is 24.9 Å². The zero-order valence-electron chi connectivity index (χ0n) is 49.1. The average molecular weight is 1050 g/mol. The molecule has 3 unspecified atom stereocenters. The van der Waals surface area contributed by atoms with Gasteiger partial charge in [-0.3, -0.25) is 14.2 Å². The van der Waals surface area contributed by atoms with Crippen LogP contribution < -0.4 is 10.2 Å². The molecule has 0 fully saturated rings. The minimum Gasteiger partial charge on any atom is -0.756 e. The highest BCUT2D eigenvalue weighted by Crippen LogP contribution is 2.38. The number of rotatable bonds is 57. The first kappa shape index (κ1) is 71.2. The van der Waals surface area contributed by atoms with Crippen molar-refractivity contribution >= 4 is 19.7 Å². The van der Waals surface area contributed by atoms with Crippen molar-refractivity contribution in [3.63, 3.8) is 0 Å². The highest BCUT2D eigenvalue weighted by Gasteiger charge is 2.27. The van der Waals surface area contributed by atoms with E-state index in [1.165, 1.54) is 199 Å². The number of carbonyl (C=O) groups excluding carboxylic acids is 2. The summed E-state index contributed by atoms with van der Waals surface area (Å²) < 4.78 is 30.3. The van der Waals surface area contributed by atoms with Gasteiger partial charge in [0, 0.05) is 12.8 Å². The van der Waals surface area contributed by atoms with Gasteiger partial charge in [0.15, 0.2) is 0 Å². The van der Waals surface area contributed by atoms with E-state index in [0.717, 1.165) is 70.6 Å². The largest absolute Gasteiger partial charge is 0.756 e. The Kier molecular flexibility index (Phi) is 52.3. The lowest BCUT2D eigenvalue weighted by molar-refractivity contribution is -0.870. The van der Waals surface area contributed by atoms with Crippen molar-refractivity contribution < 1.29 is 37.3 Å². The smallest absolute Gasteiger partial charge is 0.306 e. The quantitative estimate of drug-likeness (QED) is 0.0212. The molecule has 0 aromatic rings. The van der Waals surface area contributed by atoms with Crippen molar-refractivity contribution in [2.24, 2.45) is 0 Å². The standard InChI is InChI=1S/C63H121N2O7P/c1-7-10-13-16-19-22-25-28-30-31-32-33-34-35-36-38-41-44-47-50-53-56-63(67)72-61(54-51-48-45-42-39-27-24-21-18-15-12-9-3)60(59-71-73(68,69)70-58-57-65(4,5)6)64-62(66)55-52-49-46-43-40-37-29-26-23-20-17-14-11-8-2/h28,30,37,40,51,54,60-61H,7-27,29,31-36,38-39,41-50,52-53,55-59H2,1-6H3,(H-,64,66,68,69)/b30-28+,40-37-,54-51-. The number of unbranched alkanes of at least 4 members (excludes halogenated alkanes) is 37. The van der Waals surface area contributed by atoms with E-state index in [9.17, 15) is 19.0 Å². The van der Waals surface area contributed by atoms with Crippen LogP contribution >= 0.6 is 7.82 Å². The summed E-state index contributed by atoms with van der Waals surface area (Å²) in [6.07, 6.45) is 64.0. The third-order valence-electron chi connectivity index (χ3n) is 14.0. The predicted octanol–water partition coefficient (Wildman–Crippen LogP) is 18.5. The Bertz CT molecular complexity index is 1350. The highest BCUT2D eigenvalue weighted by atomic mass is 31.2. The molecule has 0 saturated carbocycles. The molecule has 73 heavy (non-hydrogen) atoms. The normalized spacial score (nSPS) is 13.9. The van der Waals surface area contributed by atoms with Crippen molar-refractivity contribution in [1.29, 1.82) is 0 Å². The van der Waals surface area contributed by atoms with E-state index in [1.54, 1.807) is 0 Å². The summed E-state index contributed by atoms with van der Waals surface area (Å²) in [5.74, 6) is -0.550. The molecule has 0 aliphatic carbocycles. The summed E-state index contributed by atoms with van der Waals surface area (Å²) in [4.78, 5) is 39.9. The Morgan fingerprint density at radius 2 is 0.795 bits per heavy atom. The van der Waals surface area contributed by atoms with Gasteiger partial charge in [-0.25, -0.2) is 0 Å². The molecule has 0 bridgehead atoms. The second kappa shape index (κ2) is 53.6. The molecular formula is C63H121N2O7P. The number of carbonyl (C=O) groups is 2. The summed E-state index contributed by atoms with van der Waals surface area (Å²) in [5.41, 5.74) is 0. The number of likely N-dealkylation sites (N-methyl/N-ethyl adjacent to an activating group) is 1. The highest BCUT2D eigenvalue weighted by molar-refractivity contribution is 7.45. The molecule has 1 amide bonds. The lowest BCUT2D eigenvalue weighted by atomic mass is 10.0. The summed E-state index contributed by atoms with van der Waals surface area (Å²) in [6, 6.07) is -0.893. The first-order valence-corrected chi connectivity index (χ1v) is 32.8. The zero-order valence-corrected chi connectivity index (χ0v) is 50.0. The van der Waals surface area contributed by atoms with Crippen LogP contribution in [0.5, 0.6) is 0 Å². The predicted molar refractivity (Wildman–Crippen MR) is 312 cm³/mol. The van der Waals surface area contributed by atoms with Gasteiger partial charge in [-0.05, 0) is 83.1 Å². The second-order valence-corrected chi connectivity index (χ2v) is 24.0. The molecule has 0 spiro atoms. The zero-order chi connectivity index (χ0) is 53.6. The number of amides is 1. The van der Waals surface area contributed by atoms with Crippen molar-refractivity contribution in [2.45, 2.75) is 315 Å². The van der Waals surface area contributed by atoms with Crippen LogP contribution in [0.4, 0.5) is 0 Å². The Morgan fingerprint density at radius 1 is 0.466 bits per heavy atom. The topological polar surface area (TPSA) is 114 Å². The van der Waals surface area contributed by atoms with E-state index in [0.29, 0.717) is 17.4 Å². The van der Waals surface area contributed by atoms with Gasteiger partial charge >= 0.3 is 5.97 Å². The third kappa shape index (κ3) is 54.8. The molecule has 10 heteroatoms. The van der Waals surface area contributed by atoms with Crippen molar-refractivity contribution in [1.82, 2.24) is 5.32 Å². The van der Waals surface area contributed by atoms with Crippen LogP contribution in [-0.2, 0) is 27.9 Å². The van der Waals surface area contributed by atoms with Crippen LogP contribution in [0.15, 0.2) is 36.5 Å². The molecule has 0 aliphatic heterocycles. The van der Waals surface area contributed by atoms with Gasteiger partial charge in [-0.15, -0.1) is 0 Å². The molecule has 0 aromatic heterocycles. The van der Waals surface area contributed by atoms with Crippen LogP contribution in [0.2, 0.25) is 0 Å². The Balaban J connectivity index is 5.21. The van der Waals surface area contributed by atoms with Gasteiger partial charge in [0.05, 0.1) is 33.8 Å². The number of nitrogens with zero attached hydrogens (tertiary/aromatic N) is 1. The fraction of sp³-hybridized carbons (Fsp3) is 0.873. The molecule has 0 saturated heterocycles. The number of phosphoric ester groups is 1. The number of ether oxygens (including phenoxy) is 1. The molecule has 0 aliphatic rings. The van der Waals surface area contributed by atoms with E-state index in [1.807, 2.05) is 33.3 Å². The van der Waals surface area contributed by atoms with Crippen LogP contribution in [0.25, 0.3) is 0 Å². The van der Waals surface area contributed by atoms with Crippen molar-refractivity contribution in [3.05, 3.63) is 36.5 Å². The van der Waals surface area contributed by atoms with Crippen LogP contribution in [-0.4, -0.2) is 69.4 Å². The fourth-order valence-electron chi connectivity index (χ4n) is 9.16. The molecule has 0 heterocycles. The number of nitrogens with one attached hydrogen (secondary N) is 1. The monoisotopic (exact) mass is 1050 g/mol. The minimum absolute atomic E-state index is 0.0233. The summed E-state index contributed by atoms with van der Waals surface area (Å²) >= 11 is 0. The second-order valence-electron chi connectivity index (χ2n) is 22.6. The van der Waals surface area contributed by atoms with Gasteiger partial charge < -0.3 is 28.5 Å². The minimum atomic E-state index is -4.70. The molecule has 9 nitrogen and oxygen atoms in total. The number of esters is 1. The average Bonchev–Trinajstić information content (AvgIpc) is 3.35. The maximum Gasteiger partial charge on any atom is 0.306 e. The Hall–Kier alpha value is -1.77. The summed E-state index contributed by atoms with van der Waals surface area (Å²) in [6.45, 7) is 6.85. The van der Waals surface area contributed by atoms with Crippen molar-refractivity contribution in [2.75, 3.05) is 40.9 Å². The number of phosphoric acid groups is 1. The fourth-order valence-corrected chi connectivity index (χ4v) is 9.88. The van der Waals surface area contributed by atoms with E-state index < -0.39 is 26.6 Å². The van der Waals surface area contributed by atoms with E-state index in [4.69, 9.17) is 13.8 Å². The molecule has 3 atom stereocenters. The number of allylic oxidation sites excluding steroid dienone is 5. The van der Waals surface area contributed by atoms with Gasteiger partial charge in [-0.2, -0.15) is 0 Å². The van der Waals surface area contributed by atoms with Crippen molar-refractivity contribution in [3.8, 4) is 0 Å². The number of quaternary nitrogens is 1. The number of hydrogen-bond donors (Lipinski definition) is 1. The molecule has 0 radical (unpaired) electrons. The van der Waals surface area contributed by atoms with Crippen LogP contribution in [0, 0.1) is 0 Å². The summed E-state index contributed by atoms with van der Waals surface area (Å²) in [5, 5.41) is 3.02. The molecule has 0 rings (SSSR count). The van der Waals surface area contributed by atoms with Crippen LogP contribution in [0.3, 0.4) is 0 Å². The van der Waals surface area contributed by atoms with Gasteiger partial charge in [0.2, 0.25) is 5.91 Å². The van der Waals surface area contributed by atoms with E-state index >= 15 is 0 Å². The SMILES string of the molecule is CCCCCCCC/C=C/CCCCCCCCCCCCCC(=O)OC(/C=C\CCCCCCCCCCCC)C(COP(=O)([O-])OCC[N+](C)(C)C)NC(=O)CCCCC/C=C\CCCCCCCCC. The molecule has 0 aromatic carbocycles. The van der Waals surface area contributed by atoms with Gasteiger partial charge in [-0.1, -0.05) is 244 Å². The Labute approximate surface area is 453 Å². The number of hydrogen-bond acceptors (Lipinski definition) is 7. The molecule has 1 N–H and O–H groups in total. The summed E-state index contributed by atoms with van der Waals surface area (Å²) in [7, 11) is 1.18.